The molecule has 4 rings (SSSR count). The van der Waals surface area contributed by atoms with Crippen LogP contribution in [0.4, 0.5) is 11.5 Å². The van der Waals surface area contributed by atoms with Crippen LogP contribution in [0.25, 0.3) is 0 Å². The molecule has 0 saturated carbocycles. The molecule has 28 heavy (non-hydrogen) atoms. The van der Waals surface area contributed by atoms with Gasteiger partial charge in [-0.1, -0.05) is 26.0 Å². The molecule has 3 N–H and O–H groups in total. The van der Waals surface area contributed by atoms with E-state index in [1.807, 2.05) is 0 Å². The topological polar surface area (TPSA) is 81.0 Å². The fraction of sp³-hybridized carbons (Fsp3) is 0.455. The van der Waals surface area contributed by atoms with E-state index in [-0.39, 0.29) is 22.7 Å². The third-order valence-electron chi connectivity index (χ3n) is 5.94. The minimum atomic E-state index is -0.337. The summed E-state index contributed by atoms with van der Waals surface area (Å²) in [5.74, 6) is 0.463. The molecular formula is C22H28N4O2. The van der Waals surface area contributed by atoms with Crippen LogP contribution in [0, 0.1) is 5.41 Å². The molecule has 0 fully saturated rings. The molecule has 2 aliphatic rings. The molecule has 2 aromatic rings. The van der Waals surface area contributed by atoms with Gasteiger partial charge >= 0.3 is 0 Å². The lowest BCUT2D eigenvalue weighted by Gasteiger charge is -2.38. The van der Waals surface area contributed by atoms with Gasteiger partial charge in [0.1, 0.15) is 5.82 Å². The van der Waals surface area contributed by atoms with Crippen molar-refractivity contribution < 1.29 is 4.79 Å². The Kier molecular flexibility index (Phi) is 4.44. The maximum Gasteiger partial charge on any atom is 0.270 e. The number of aromatic nitrogens is 2. The van der Waals surface area contributed by atoms with Crippen LogP contribution >= 0.6 is 0 Å². The third kappa shape index (κ3) is 2.97. The summed E-state index contributed by atoms with van der Waals surface area (Å²) in [5, 5.41) is 8.95. The molecular weight excluding hydrogens is 352 g/mol. The Morgan fingerprint density at radius 1 is 1.04 bits per heavy atom. The molecule has 2 heterocycles. The Balaban J connectivity index is 1.83. The van der Waals surface area contributed by atoms with Crippen molar-refractivity contribution in [1.29, 1.82) is 0 Å². The number of Topliss-reactive ketones (excluding diaryl/α,β-unsaturated/α-hetero) is 1. The van der Waals surface area contributed by atoms with Crippen molar-refractivity contribution in [3.05, 3.63) is 57.0 Å². The highest BCUT2D eigenvalue weighted by Crippen LogP contribution is 2.47. The first-order chi connectivity index (χ1) is 13.3. The van der Waals surface area contributed by atoms with Gasteiger partial charge in [-0.25, -0.2) is 0 Å². The Bertz CT molecular complexity index is 990. The number of nitrogens with one attached hydrogen (secondary N) is 3. The van der Waals surface area contributed by atoms with Crippen LogP contribution < -0.4 is 15.8 Å². The number of fused-ring (bicyclic) bond motifs is 1. The second-order valence-corrected chi connectivity index (χ2v) is 8.52. The van der Waals surface area contributed by atoms with Crippen LogP contribution in [0.2, 0.25) is 0 Å². The van der Waals surface area contributed by atoms with E-state index in [9.17, 15) is 9.59 Å². The lowest BCUT2D eigenvalue weighted by molar-refractivity contribution is -0.118. The van der Waals surface area contributed by atoms with Gasteiger partial charge in [0.05, 0.1) is 5.56 Å². The average molecular weight is 380 g/mol. The molecule has 1 aliphatic carbocycles. The number of anilines is 2. The van der Waals surface area contributed by atoms with E-state index < -0.39 is 0 Å². The number of allylic oxidation sites excluding steroid dienone is 2. The molecule has 148 valence electrons. The molecule has 1 aromatic carbocycles. The lowest BCUT2D eigenvalue weighted by atomic mass is 9.69. The zero-order valence-corrected chi connectivity index (χ0v) is 17.0. The van der Waals surface area contributed by atoms with E-state index in [2.05, 4.69) is 72.4 Å². The van der Waals surface area contributed by atoms with Crippen LogP contribution in [0.1, 0.15) is 57.6 Å². The summed E-state index contributed by atoms with van der Waals surface area (Å²) in [4.78, 5) is 27.9. The highest BCUT2D eigenvalue weighted by molar-refractivity contribution is 6.01. The smallest absolute Gasteiger partial charge is 0.270 e. The summed E-state index contributed by atoms with van der Waals surface area (Å²) in [7, 11) is 0. The Morgan fingerprint density at radius 3 is 2.36 bits per heavy atom. The van der Waals surface area contributed by atoms with Gasteiger partial charge in [0, 0.05) is 42.4 Å². The average Bonchev–Trinajstić information content (AvgIpc) is 3.01. The molecule has 1 atom stereocenters. The second-order valence-electron chi connectivity index (χ2n) is 8.52. The first kappa shape index (κ1) is 18.6. The molecule has 0 spiro atoms. The fourth-order valence-corrected chi connectivity index (χ4v) is 4.62. The molecule has 1 aromatic heterocycles. The molecule has 0 unspecified atom stereocenters. The van der Waals surface area contributed by atoms with Crippen LogP contribution in [-0.4, -0.2) is 29.1 Å². The quantitative estimate of drug-likeness (QED) is 0.755. The van der Waals surface area contributed by atoms with E-state index >= 15 is 0 Å². The maximum atomic E-state index is 13.1. The number of benzene rings is 1. The Hall–Kier alpha value is -2.76. The van der Waals surface area contributed by atoms with Crippen LogP contribution in [0.15, 0.2) is 40.3 Å². The summed E-state index contributed by atoms with van der Waals surface area (Å²) in [6, 6.07) is 8.28. The summed E-state index contributed by atoms with van der Waals surface area (Å²) < 4.78 is 0. The van der Waals surface area contributed by atoms with Crippen LogP contribution in [-0.2, 0) is 4.79 Å². The predicted octanol–water partition coefficient (Wildman–Crippen LogP) is 3.75. The van der Waals surface area contributed by atoms with Crippen molar-refractivity contribution in [3.63, 3.8) is 0 Å². The van der Waals surface area contributed by atoms with Gasteiger partial charge in [-0.2, -0.15) is 0 Å². The van der Waals surface area contributed by atoms with Crippen LogP contribution in [0.5, 0.6) is 0 Å². The van der Waals surface area contributed by atoms with Gasteiger partial charge in [0.15, 0.2) is 5.78 Å². The Morgan fingerprint density at radius 2 is 1.71 bits per heavy atom. The van der Waals surface area contributed by atoms with Crippen molar-refractivity contribution in [2.24, 2.45) is 5.41 Å². The highest BCUT2D eigenvalue weighted by Gasteiger charge is 2.42. The number of carbonyl (C=O) groups excluding carboxylic acids is 1. The molecule has 1 aliphatic heterocycles. The SMILES string of the molecule is CCN(CC)c1ccc([C@H]2C3=C(CC(C)(C)CC3=O)Nc3[nH][nH]c(=O)c32)cc1. The van der Waals surface area contributed by atoms with E-state index in [4.69, 9.17) is 0 Å². The van der Waals surface area contributed by atoms with E-state index in [1.54, 1.807) is 0 Å². The first-order valence-electron chi connectivity index (χ1n) is 10.0. The van der Waals surface area contributed by atoms with Gasteiger partial charge < -0.3 is 10.2 Å². The number of rotatable bonds is 4. The van der Waals surface area contributed by atoms with Gasteiger partial charge in [-0.05, 0) is 43.4 Å². The minimum absolute atomic E-state index is 0.0891. The number of hydrogen-bond acceptors (Lipinski definition) is 4. The minimum Gasteiger partial charge on any atom is -0.372 e. The monoisotopic (exact) mass is 380 g/mol. The lowest BCUT2D eigenvalue weighted by Crippen LogP contribution is -2.35. The summed E-state index contributed by atoms with van der Waals surface area (Å²) in [5.41, 5.74) is 4.13. The van der Waals surface area contributed by atoms with Crippen molar-refractivity contribution >= 4 is 17.3 Å². The predicted molar refractivity (Wildman–Crippen MR) is 112 cm³/mol. The summed E-state index contributed by atoms with van der Waals surface area (Å²) in [6.07, 6.45) is 1.29. The third-order valence-corrected chi connectivity index (χ3v) is 5.94. The molecule has 6 nitrogen and oxygen atoms in total. The van der Waals surface area contributed by atoms with E-state index in [1.165, 1.54) is 0 Å². The summed E-state index contributed by atoms with van der Waals surface area (Å²) >= 11 is 0. The standard InChI is InChI=1S/C22H28N4O2/c1-5-26(6-2)14-9-7-13(8-10-14)17-18-15(11-22(3,4)12-16(18)27)23-20-19(17)21(28)25-24-20/h7-10,17H,5-6,11-12H2,1-4H3,(H3,23,24,25,28)/t17-/m0/s1. The largest absolute Gasteiger partial charge is 0.372 e. The van der Waals surface area contributed by atoms with Crippen molar-refractivity contribution in [2.45, 2.75) is 46.5 Å². The fourth-order valence-electron chi connectivity index (χ4n) is 4.62. The van der Waals surface area contributed by atoms with Gasteiger partial charge in [-0.15, -0.1) is 0 Å². The Labute approximate surface area is 165 Å². The first-order valence-corrected chi connectivity index (χ1v) is 10.0. The molecule has 0 amide bonds. The number of hydrogen-bond donors (Lipinski definition) is 3. The van der Waals surface area contributed by atoms with Gasteiger partial charge in [0.2, 0.25) is 0 Å². The molecule has 0 saturated heterocycles. The maximum absolute atomic E-state index is 13.1. The number of carbonyl (C=O) groups is 1. The number of H-pyrrole nitrogens is 2. The molecule has 6 heteroatoms. The summed E-state index contributed by atoms with van der Waals surface area (Å²) in [6.45, 7) is 10.4. The van der Waals surface area contributed by atoms with E-state index in [0.717, 1.165) is 42.0 Å². The van der Waals surface area contributed by atoms with Crippen molar-refractivity contribution in [3.8, 4) is 0 Å². The molecule has 0 bridgehead atoms. The van der Waals surface area contributed by atoms with E-state index in [0.29, 0.717) is 17.8 Å². The van der Waals surface area contributed by atoms with Crippen molar-refractivity contribution in [2.75, 3.05) is 23.3 Å². The number of ketones is 1. The van der Waals surface area contributed by atoms with Crippen molar-refractivity contribution in [1.82, 2.24) is 10.2 Å². The van der Waals surface area contributed by atoms with Gasteiger partial charge in [0.25, 0.3) is 5.56 Å². The normalized spacial score (nSPS) is 20.4. The van der Waals surface area contributed by atoms with Crippen LogP contribution in [0.3, 0.4) is 0 Å². The molecule has 0 radical (unpaired) electrons. The zero-order chi connectivity index (χ0) is 20.1. The second kappa shape index (κ2) is 6.69. The number of aromatic amines is 2. The highest BCUT2D eigenvalue weighted by atomic mass is 16.1. The zero-order valence-electron chi connectivity index (χ0n) is 17.0. The number of nitrogens with zero attached hydrogens (tertiary/aromatic N) is 1. The van der Waals surface area contributed by atoms with Gasteiger partial charge in [-0.3, -0.25) is 19.8 Å².